The summed E-state index contributed by atoms with van der Waals surface area (Å²) in [6.45, 7) is 4.99. The van der Waals surface area contributed by atoms with E-state index in [-0.39, 0.29) is 12.2 Å². The summed E-state index contributed by atoms with van der Waals surface area (Å²) >= 11 is 0. The SMILES string of the molecule is CCO[C@H]1CN(C/C=C/c2ccccc2)C[C@@H]1O. The molecule has 18 heavy (non-hydrogen) atoms. The van der Waals surface area contributed by atoms with E-state index in [1.165, 1.54) is 5.56 Å². The molecule has 0 saturated carbocycles. The number of ether oxygens (including phenoxy) is 1. The lowest BCUT2D eigenvalue weighted by Crippen LogP contribution is -2.26. The lowest BCUT2D eigenvalue weighted by Gasteiger charge is -2.13. The van der Waals surface area contributed by atoms with Gasteiger partial charge in [-0.2, -0.15) is 0 Å². The molecule has 0 aliphatic carbocycles. The normalized spacial score (nSPS) is 25.0. The fourth-order valence-corrected chi connectivity index (χ4v) is 2.26. The third-order valence-electron chi connectivity index (χ3n) is 3.17. The Bertz CT molecular complexity index is 377. The largest absolute Gasteiger partial charge is 0.389 e. The summed E-state index contributed by atoms with van der Waals surface area (Å²) in [5.74, 6) is 0. The number of rotatable bonds is 5. The second-order valence-electron chi connectivity index (χ2n) is 4.59. The van der Waals surface area contributed by atoms with Crippen molar-refractivity contribution < 1.29 is 9.84 Å². The summed E-state index contributed by atoms with van der Waals surface area (Å²) in [4.78, 5) is 2.21. The van der Waals surface area contributed by atoms with Crippen molar-refractivity contribution >= 4 is 6.08 Å². The minimum absolute atomic E-state index is 0.0277. The molecule has 0 spiro atoms. The van der Waals surface area contributed by atoms with Gasteiger partial charge in [0.1, 0.15) is 0 Å². The third kappa shape index (κ3) is 3.67. The van der Waals surface area contributed by atoms with Crippen LogP contribution in [0.3, 0.4) is 0 Å². The number of aliphatic hydroxyl groups excluding tert-OH is 1. The average molecular weight is 247 g/mol. The van der Waals surface area contributed by atoms with E-state index in [0.717, 1.165) is 13.1 Å². The van der Waals surface area contributed by atoms with Gasteiger partial charge < -0.3 is 9.84 Å². The van der Waals surface area contributed by atoms with Crippen molar-refractivity contribution in [2.45, 2.75) is 19.1 Å². The Morgan fingerprint density at radius 1 is 1.33 bits per heavy atom. The average Bonchev–Trinajstić information content (AvgIpc) is 2.72. The van der Waals surface area contributed by atoms with Crippen LogP contribution in [0.15, 0.2) is 36.4 Å². The predicted molar refractivity (Wildman–Crippen MR) is 73.3 cm³/mol. The molecule has 1 aliphatic heterocycles. The van der Waals surface area contributed by atoms with Crippen LogP contribution in [-0.2, 0) is 4.74 Å². The number of β-amino-alcohol motifs (C(OH)–C–C–N with tert-alkyl or cyclic N) is 1. The Labute approximate surface area is 109 Å². The van der Waals surface area contributed by atoms with E-state index >= 15 is 0 Å². The number of hydrogen-bond acceptors (Lipinski definition) is 3. The van der Waals surface area contributed by atoms with Crippen LogP contribution < -0.4 is 0 Å². The molecular formula is C15H21NO2. The van der Waals surface area contributed by atoms with Crippen molar-refractivity contribution in [3.05, 3.63) is 42.0 Å². The second kappa shape index (κ2) is 6.69. The zero-order valence-electron chi connectivity index (χ0n) is 10.8. The van der Waals surface area contributed by atoms with Crippen LogP contribution in [0.1, 0.15) is 12.5 Å². The first-order valence-corrected chi connectivity index (χ1v) is 6.53. The van der Waals surface area contributed by atoms with Gasteiger partial charge in [-0.1, -0.05) is 42.5 Å². The molecule has 3 nitrogen and oxygen atoms in total. The monoisotopic (exact) mass is 247 g/mol. The van der Waals surface area contributed by atoms with Gasteiger partial charge in [-0.25, -0.2) is 0 Å². The van der Waals surface area contributed by atoms with Crippen LogP contribution >= 0.6 is 0 Å². The van der Waals surface area contributed by atoms with E-state index in [4.69, 9.17) is 4.74 Å². The maximum absolute atomic E-state index is 9.82. The number of likely N-dealkylation sites (tertiary alicyclic amines) is 1. The molecule has 0 bridgehead atoms. The summed E-state index contributed by atoms with van der Waals surface area (Å²) in [5.41, 5.74) is 1.21. The first kappa shape index (κ1) is 13.3. The fraction of sp³-hybridized carbons (Fsp3) is 0.467. The number of hydrogen-bond donors (Lipinski definition) is 1. The lowest BCUT2D eigenvalue weighted by molar-refractivity contribution is -0.00237. The molecule has 1 heterocycles. The molecule has 2 rings (SSSR count). The molecule has 1 aromatic rings. The molecule has 0 amide bonds. The quantitative estimate of drug-likeness (QED) is 0.861. The molecule has 0 unspecified atom stereocenters. The maximum atomic E-state index is 9.82. The van der Waals surface area contributed by atoms with Crippen LogP contribution in [0, 0.1) is 0 Å². The molecule has 1 saturated heterocycles. The molecule has 2 atom stereocenters. The Balaban J connectivity index is 1.80. The number of benzene rings is 1. The van der Waals surface area contributed by atoms with Crippen LogP contribution in [0.25, 0.3) is 6.08 Å². The standard InChI is InChI=1S/C15H21NO2/c1-2-18-15-12-16(11-14(15)17)10-6-9-13-7-4-3-5-8-13/h3-9,14-15,17H,2,10-12H2,1H3/b9-6+/t14-,15-/m0/s1. The van der Waals surface area contributed by atoms with Gasteiger partial charge in [0.15, 0.2) is 0 Å². The van der Waals surface area contributed by atoms with Gasteiger partial charge in [0.25, 0.3) is 0 Å². The smallest absolute Gasteiger partial charge is 0.0972 e. The van der Waals surface area contributed by atoms with Crippen LogP contribution in [0.4, 0.5) is 0 Å². The lowest BCUT2D eigenvalue weighted by atomic mass is 10.2. The molecule has 1 aromatic carbocycles. The van der Waals surface area contributed by atoms with Gasteiger partial charge in [-0.05, 0) is 12.5 Å². The van der Waals surface area contributed by atoms with Crippen molar-refractivity contribution in [1.82, 2.24) is 4.90 Å². The summed E-state index contributed by atoms with van der Waals surface area (Å²) < 4.78 is 5.49. The molecule has 1 fully saturated rings. The first-order chi connectivity index (χ1) is 8.79. The Kier molecular flexibility index (Phi) is 4.93. The van der Waals surface area contributed by atoms with Gasteiger partial charge in [0.2, 0.25) is 0 Å². The van der Waals surface area contributed by atoms with E-state index in [9.17, 15) is 5.11 Å². The van der Waals surface area contributed by atoms with E-state index in [0.29, 0.717) is 13.2 Å². The van der Waals surface area contributed by atoms with Gasteiger partial charge in [-0.15, -0.1) is 0 Å². The highest BCUT2D eigenvalue weighted by Crippen LogP contribution is 2.13. The van der Waals surface area contributed by atoms with Crippen molar-refractivity contribution in [1.29, 1.82) is 0 Å². The van der Waals surface area contributed by atoms with E-state index < -0.39 is 0 Å². The van der Waals surface area contributed by atoms with Gasteiger partial charge in [0.05, 0.1) is 12.2 Å². The minimum atomic E-state index is -0.352. The zero-order valence-corrected chi connectivity index (χ0v) is 10.8. The summed E-state index contributed by atoms with van der Waals surface area (Å²) in [7, 11) is 0. The van der Waals surface area contributed by atoms with Crippen molar-refractivity contribution in [2.75, 3.05) is 26.2 Å². The number of nitrogens with zero attached hydrogens (tertiary/aromatic N) is 1. The van der Waals surface area contributed by atoms with Crippen LogP contribution in [-0.4, -0.2) is 48.5 Å². The molecule has 0 aromatic heterocycles. The highest BCUT2D eigenvalue weighted by Gasteiger charge is 2.30. The summed E-state index contributed by atoms with van der Waals surface area (Å²) in [5, 5.41) is 9.82. The first-order valence-electron chi connectivity index (χ1n) is 6.53. The molecule has 1 aliphatic rings. The highest BCUT2D eigenvalue weighted by atomic mass is 16.5. The highest BCUT2D eigenvalue weighted by molar-refractivity contribution is 5.48. The maximum Gasteiger partial charge on any atom is 0.0972 e. The van der Waals surface area contributed by atoms with Gasteiger partial charge in [-0.3, -0.25) is 4.90 Å². The Morgan fingerprint density at radius 2 is 2.11 bits per heavy atom. The molecule has 98 valence electrons. The molecule has 3 heteroatoms. The predicted octanol–water partition coefficient (Wildman–Crippen LogP) is 1.78. The minimum Gasteiger partial charge on any atom is -0.389 e. The zero-order chi connectivity index (χ0) is 12.8. The summed E-state index contributed by atoms with van der Waals surface area (Å²) in [6, 6.07) is 10.2. The van der Waals surface area contributed by atoms with Crippen molar-refractivity contribution in [3.8, 4) is 0 Å². The van der Waals surface area contributed by atoms with Crippen molar-refractivity contribution in [3.63, 3.8) is 0 Å². The van der Waals surface area contributed by atoms with Gasteiger partial charge >= 0.3 is 0 Å². The van der Waals surface area contributed by atoms with Crippen molar-refractivity contribution in [2.24, 2.45) is 0 Å². The Hall–Kier alpha value is -1.16. The molecule has 0 radical (unpaired) electrons. The fourth-order valence-electron chi connectivity index (χ4n) is 2.26. The Morgan fingerprint density at radius 3 is 2.83 bits per heavy atom. The van der Waals surface area contributed by atoms with Crippen LogP contribution in [0.2, 0.25) is 0 Å². The van der Waals surface area contributed by atoms with Gasteiger partial charge in [0, 0.05) is 26.2 Å². The summed E-state index contributed by atoms with van der Waals surface area (Å²) in [6.07, 6.45) is 3.87. The van der Waals surface area contributed by atoms with Crippen LogP contribution in [0.5, 0.6) is 0 Å². The number of aliphatic hydroxyl groups is 1. The molecule has 1 N–H and O–H groups in total. The van der Waals surface area contributed by atoms with E-state index in [1.807, 2.05) is 25.1 Å². The van der Waals surface area contributed by atoms with E-state index in [1.54, 1.807) is 0 Å². The topological polar surface area (TPSA) is 32.7 Å². The second-order valence-corrected chi connectivity index (χ2v) is 4.59. The van der Waals surface area contributed by atoms with E-state index in [2.05, 4.69) is 29.2 Å². The molecular weight excluding hydrogens is 226 g/mol. The third-order valence-corrected chi connectivity index (χ3v) is 3.17.